The molecule has 0 amide bonds. The first kappa shape index (κ1) is 12.9. The van der Waals surface area contributed by atoms with Gasteiger partial charge < -0.3 is 0 Å². The number of hydrogen-bond donors (Lipinski definition) is 1. The van der Waals surface area contributed by atoms with Crippen LogP contribution in [0.5, 0.6) is 0 Å². The van der Waals surface area contributed by atoms with E-state index >= 15 is 0 Å². The number of sulfonamides is 1. The van der Waals surface area contributed by atoms with Crippen molar-refractivity contribution in [1.29, 1.82) is 0 Å². The summed E-state index contributed by atoms with van der Waals surface area (Å²) in [7, 11) is -3.44. The van der Waals surface area contributed by atoms with Gasteiger partial charge in [-0.05, 0) is 30.8 Å². The second kappa shape index (κ2) is 4.95. The van der Waals surface area contributed by atoms with E-state index in [0.717, 1.165) is 4.88 Å². The molecule has 3 nitrogen and oxygen atoms in total. The van der Waals surface area contributed by atoms with Gasteiger partial charge in [-0.3, -0.25) is 0 Å². The second-order valence-corrected chi connectivity index (χ2v) is 5.56. The molecule has 0 saturated heterocycles. The van der Waals surface area contributed by atoms with Gasteiger partial charge in [0.1, 0.15) is 4.21 Å². The van der Waals surface area contributed by atoms with Gasteiger partial charge in [-0.25, -0.2) is 8.42 Å². The molecular weight excluding hydrogens is 229 g/mol. The Bertz CT molecular complexity index is 348. The molecule has 0 bridgehead atoms. The molecule has 0 aromatic carbocycles. The summed E-state index contributed by atoms with van der Waals surface area (Å²) in [6.07, 6.45) is 0. The summed E-state index contributed by atoms with van der Waals surface area (Å²) in [5, 5.41) is 0. The van der Waals surface area contributed by atoms with Crippen molar-refractivity contribution in [2.45, 2.75) is 11.1 Å². The van der Waals surface area contributed by atoms with E-state index in [2.05, 4.69) is 0 Å². The number of rotatable bonds is 2. The molecule has 0 saturated carbocycles. The Balaban J connectivity index is 0.00000121. The first-order chi connectivity index (χ1) is 5.06. The Labute approximate surface area is 103 Å². The van der Waals surface area contributed by atoms with E-state index < -0.39 is 10.0 Å². The third-order valence-corrected chi connectivity index (χ3v) is 4.26. The van der Waals surface area contributed by atoms with E-state index in [-0.39, 0.29) is 33.8 Å². The van der Waals surface area contributed by atoms with Crippen molar-refractivity contribution in [3.63, 3.8) is 0 Å². The average molecular weight is 236 g/mol. The average Bonchev–Trinajstić information content (AvgIpc) is 2.36. The summed E-state index contributed by atoms with van der Waals surface area (Å²) in [5.74, 6) is 0. The van der Waals surface area contributed by atoms with Gasteiger partial charge in [0.05, 0.1) is 0 Å². The molecule has 0 aliphatic carbocycles. The monoisotopic (exact) mass is 235 g/mol. The van der Waals surface area contributed by atoms with Crippen LogP contribution < -0.4 is 4.24 Å². The molecular formula is C5H7ClNNaO2S2. The van der Waals surface area contributed by atoms with Crippen LogP contribution in [-0.2, 0) is 10.0 Å². The fourth-order valence-corrected chi connectivity index (χ4v) is 2.85. The van der Waals surface area contributed by atoms with Crippen LogP contribution in [0.1, 0.15) is 4.88 Å². The van der Waals surface area contributed by atoms with Gasteiger partial charge in [0.15, 0.2) is 0 Å². The Hall–Kier alpha value is 0.900. The van der Waals surface area contributed by atoms with Gasteiger partial charge in [0.25, 0.3) is 10.0 Å². The molecule has 12 heavy (non-hydrogen) atoms. The molecule has 1 heterocycles. The van der Waals surface area contributed by atoms with Gasteiger partial charge in [-0.15, -0.1) is 15.6 Å². The number of aryl methyl sites for hydroxylation is 1. The Morgan fingerprint density at radius 1 is 1.50 bits per heavy atom. The standard InChI is InChI=1S/C5H6ClNO2S2.Na.H/c1-4-2-3-5(10-4)11(8,9)7-6;;/h2-3,7H,1H3;;. The van der Waals surface area contributed by atoms with Gasteiger partial charge in [-0.1, -0.05) is 0 Å². The van der Waals surface area contributed by atoms with E-state index in [4.69, 9.17) is 11.8 Å². The normalized spacial score (nSPS) is 10.8. The maximum absolute atomic E-state index is 11.0. The Morgan fingerprint density at radius 3 is 2.42 bits per heavy atom. The summed E-state index contributed by atoms with van der Waals surface area (Å²) >= 11 is 6.19. The molecule has 7 heteroatoms. The Morgan fingerprint density at radius 2 is 2.08 bits per heavy atom. The number of halogens is 1. The van der Waals surface area contributed by atoms with Crippen LogP contribution >= 0.6 is 23.1 Å². The predicted molar refractivity (Wildman–Crippen MR) is 52.4 cm³/mol. The van der Waals surface area contributed by atoms with E-state index in [0.29, 0.717) is 0 Å². The van der Waals surface area contributed by atoms with Crippen LogP contribution in [0.15, 0.2) is 16.3 Å². The van der Waals surface area contributed by atoms with Crippen molar-refractivity contribution in [1.82, 2.24) is 4.24 Å². The van der Waals surface area contributed by atoms with Crippen LogP contribution in [0.4, 0.5) is 0 Å². The molecule has 0 spiro atoms. The van der Waals surface area contributed by atoms with Crippen molar-refractivity contribution in [2.24, 2.45) is 0 Å². The van der Waals surface area contributed by atoms with Crippen molar-refractivity contribution < 1.29 is 8.42 Å². The SMILES string of the molecule is Cc1ccc(S(=O)(=O)NCl)s1.[NaH]. The molecule has 0 fully saturated rings. The fraction of sp³-hybridized carbons (Fsp3) is 0.200. The Kier molecular flexibility index (Phi) is 5.32. The summed E-state index contributed by atoms with van der Waals surface area (Å²) in [6, 6.07) is 3.25. The number of nitrogens with one attached hydrogen (secondary N) is 1. The van der Waals surface area contributed by atoms with Crippen LogP contribution in [0.25, 0.3) is 0 Å². The van der Waals surface area contributed by atoms with E-state index in [9.17, 15) is 8.42 Å². The third-order valence-electron chi connectivity index (χ3n) is 1.08. The van der Waals surface area contributed by atoms with E-state index in [1.165, 1.54) is 17.4 Å². The zero-order chi connectivity index (χ0) is 8.48. The first-order valence-electron chi connectivity index (χ1n) is 2.75. The van der Waals surface area contributed by atoms with Crippen molar-refractivity contribution in [3.05, 3.63) is 17.0 Å². The van der Waals surface area contributed by atoms with Crippen LogP contribution in [0, 0.1) is 6.92 Å². The number of hydrogen-bond acceptors (Lipinski definition) is 3. The molecule has 1 rings (SSSR count). The minimum atomic E-state index is -3.44. The van der Waals surface area contributed by atoms with E-state index in [1.54, 1.807) is 10.3 Å². The van der Waals surface area contributed by atoms with Crippen LogP contribution in [0.3, 0.4) is 0 Å². The summed E-state index contributed by atoms with van der Waals surface area (Å²) < 4.78 is 23.9. The van der Waals surface area contributed by atoms with E-state index in [1.807, 2.05) is 6.92 Å². The zero-order valence-electron chi connectivity index (χ0n) is 5.67. The maximum atomic E-state index is 11.0. The van der Waals surface area contributed by atoms with Crippen molar-refractivity contribution >= 4 is 62.7 Å². The molecule has 0 aliphatic rings. The van der Waals surface area contributed by atoms with Gasteiger partial charge in [-0.2, -0.15) is 0 Å². The molecule has 1 aromatic rings. The minimum absolute atomic E-state index is 0. The molecule has 1 aromatic heterocycles. The van der Waals surface area contributed by atoms with Gasteiger partial charge in [0, 0.05) is 4.88 Å². The summed E-state index contributed by atoms with van der Waals surface area (Å²) in [5.41, 5.74) is 0. The van der Waals surface area contributed by atoms with Gasteiger partial charge >= 0.3 is 29.6 Å². The topological polar surface area (TPSA) is 46.2 Å². The molecule has 0 radical (unpaired) electrons. The summed E-state index contributed by atoms with van der Waals surface area (Å²) in [4.78, 5) is 0.940. The molecule has 64 valence electrons. The first-order valence-corrected chi connectivity index (χ1v) is 5.43. The van der Waals surface area contributed by atoms with Crippen molar-refractivity contribution in [3.8, 4) is 0 Å². The van der Waals surface area contributed by atoms with Gasteiger partial charge in [0.2, 0.25) is 0 Å². The fourth-order valence-electron chi connectivity index (χ4n) is 0.595. The predicted octanol–water partition coefficient (Wildman–Crippen LogP) is 0.840. The second-order valence-electron chi connectivity index (χ2n) is 1.95. The molecule has 1 N–H and O–H groups in total. The summed E-state index contributed by atoms with van der Waals surface area (Å²) in [6.45, 7) is 1.83. The van der Waals surface area contributed by atoms with Crippen LogP contribution in [-0.4, -0.2) is 38.0 Å². The van der Waals surface area contributed by atoms with Crippen LogP contribution in [0.2, 0.25) is 0 Å². The number of thiophene rings is 1. The quantitative estimate of drug-likeness (QED) is 0.610. The third kappa shape index (κ3) is 2.99. The molecule has 0 atom stereocenters. The molecule has 0 aliphatic heterocycles. The zero-order valence-corrected chi connectivity index (χ0v) is 8.05. The molecule has 0 unspecified atom stereocenters. The van der Waals surface area contributed by atoms with Crippen molar-refractivity contribution in [2.75, 3.05) is 0 Å².